The molecule has 3 heterocycles. The lowest BCUT2D eigenvalue weighted by Crippen LogP contribution is -2.41. The lowest BCUT2D eigenvalue weighted by molar-refractivity contribution is -0.173. The number of aromatic nitrogens is 5. The van der Waals surface area contributed by atoms with Crippen LogP contribution in [0.2, 0.25) is 0 Å². The van der Waals surface area contributed by atoms with E-state index in [0.717, 1.165) is 16.2 Å². The fourth-order valence-electron chi connectivity index (χ4n) is 7.61. The number of H-pyrrole nitrogens is 1. The first kappa shape index (κ1) is 48.5. The predicted octanol–water partition coefficient (Wildman–Crippen LogP) is 6.13. The second-order valence-electron chi connectivity index (χ2n) is 15.4. The molecular weight excluding hydrogens is 872 g/mol. The number of carbonyl (C=O) groups is 1. The Morgan fingerprint density at radius 1 is 0.938 bits per heavy atom. The van der Waals surface area contributed by atoms with Crippen molar-refractivity contribution in [2.24, 2.45) is 0 Å². The number of nitrogens with one attached hydrogen (secondary N) is 2. The first-order valence-corrected chi connectivity index (χ1v) is 21.7. The number of nitrogens with zero attached hydrogens (tertiary/aromatic N) is 6. The maximum atomic E-state index is 13.6. The second kappa shape index (κ2) is 21.4. The van der Waals surface area contributed by atoms with Crippen LogP contribution >= 0.6 is 8.53 Å². The van der Waals surface area contributed by atoms with Gasteiger partial charge in [-0.05, 0) is 68.7 Å². The Bertz CT molecular complexity index is 2440. The number of aromatic amines is 1. The molecule has 0 spiro atoms. The zero-order valence-electron chi connectivity index (χ0n) is 36.5. The zero-order valence-corrected chi connectivity index (χ0v) is 37.4. The van der Waals surface area contributed by atoms with Crippen molar-refractivity contribution in [2.45, 2.75) is 89.0 Å². The number of methoxy groups -OCH3 is 2. The Morgan fingerprint density at radius 2 is 1.54 bits per heavy atom. The van der Waals surface area contributed by atoms with Crippen molar-refractivity contribution in [1.82, 2.24) is 34.5 Å². The highest BCUT2D eigenvalue weighted by molar-refractivity contribution is 7.44. The summed E-state index contributed by atoms with van der Waals surface area (Å²) in [6.45, 7) is 6.92. The lowest BCUT2D eigenvalue weighted by Gasteiger charge is -2.39. The van der Waals surface area contributed by atoms with Gasteiger partial charge in [-0.15, -0.1) is 5.10 Å². The van der Waals surface area contributed by atoms with Crippen molar-refractivity contribution in [3.63, 3.8) is 0 Å². The van der Waals surface area contributed by atoms with Gasteiger partial charge in [0.15, 0.2) is 6.23 Å². The van der Waals surface area contributed by atoms with Crippen molar-refractivity contribution < 1.29 is 46.0 Å². The van der Waals surface area contributed by atoms with Gasteiger partial charge in [0.2, 0.25) is 0 Å². The van der Waals surface area contributed by atoms with E-state index in [2.05, 4.69) is 21.4 Å². The molecule has 1 aliphatic heterocycles. The number of rotatable bonds is 20. The molecule has 0 bridgehead atoms. The SMILES string of the molecule is COc1ccc(C(OC[C@H]2O[C@@H](n3ccc(=O)[nH]c3=O)[C@H](n3cc(CNC(=O)C(F)(F)F)nn3)[C@@H]2OP(OCCC#N)N(C(C)C)C(C)C)(c2ccccc2)c2ccc(OC)cc2)cc1. The summed E-state index contributed by atoms with van der Waals surface area (Å²) in [6.07, 6.45) is -6.15. The second-order valence-corrected chi connectivity index (χ2v) is 16.8. The number of hydrogen-bond acceptors (Lipinski definition) is 13. The average Bonchev–Trinajstić information content (AvgIpc) is 3.90. The van der Waals surface area contributed by atoms with Crippen molar-refractivity contribution in [1.29, 1.82) is 5.26 Å². The molecule has 5 aromatic rings. The molecule has 3 aromatic carbocycles. The molecule has 17 nitrogen and oxygen atoms in total. The molecule has 65 heavy (non-hydrogen) atoms. The molecule has 2 aromatic heterocycles. The summed E-state index contributed by atoms with van der Waals surface area (Å²) in [5.41, 5.74) is -0.820. The number of amides is 1. The fourth-order valence-corrected chi connectivity index (χ4v) is 9.39. The minimum absolute atomic E-state index is 0.00119. The van der Waals surface area contributed by atoms with Crippen LogP contribution in [-0.2, 0) is 35.5 Å². The van der Waals surface area contributed by atoms with Crippen LogP contribution in [-0.4, -0.2) is 93.0 Å². The smallest absolute Gasteiger partial charge is 0.471 e. The Hall–Kier alpha value is -5.94. The molecule has 5 atom stereocenters. The quantitative estimate of drug-likeness (QED) is 0.0514. The largest absolute Gasteiger partial charge is 0.497 e. The van der Waals surface area contributed by atoms with Gasteiger partial charge < -0.3 is 33.3 Å². The number of hydrogen-bond donors (Lipinski definition) is 2. The van der Waals surface area contributed by atoms with E-state index in [1.807, 2.05) is 111 Å². The first-order valence-electron chi connectivity index (χ1n) is 20.6. The van der Waals surface area contributed by atoms with E-state index < -0.39 is 68.5 Å². The highest BCUT2D eigenvalue weighted by Crippen LogP contribution is 2.53. The first-order chi connectivity index (χ1) is 31.1. The minimum atomic E-state index is -5.15. The lowest BCUT2D eigenvalue weighted by atomic mass is 9.80. The fraction of sp³-hybridized carbons (Fsp3) is 0.409. The molecule has 346 valence electrons. The van der Waals surface area contributed by atoms with Crippen LogP contribution in [0.5, 0.6) is 11.5 Å². The van der Waals surface area contributed by atoms with Crippen molar-refractivity contribution in [3.8, 4) is 17.6 Å². The van der Waals surface area contributed by atoms with E-state index in [-0.39, 0.29) is 37.4 Å². The van der Waals surface area contributed by atoms with E-state index >= 15 is 0 Å². The summed E-state index contributed by atoms with van der Waals surface area (Å²) in [5, 5.41) is 19.6. The molecule has 6 rings (SSSR count). The highest BCUT2D eigenvalue weighted by atomic mass is 31.2. The van der Waals surface area contributed by atoms with Crippen LogP contribution in [0.25, 0.3) is 0 Å². The number of carbonyl (C=O) groups excluding carboxylic acids is 1. The number of benzene rings is 3. The Labute approximate surface area is 373 Å². The van der Waals surface area contributed by atoms with Crippen LogP contribution in [0, 0.1) is 11.3 Å². The van der Waals surface area contributed by atoms with Gasteiger partial charge in [0.05, 0.1) is 52.7 Å². The average molecular weight is 923 g/mol. The monoisotopic (exact) mass is 922 g/mol. The summed E-state index contributed by atoms with van der Waals surface area (Å²) in [7, 11) is 1.08. The van der Waals surface area contributed by atoms with E-state index in [4.69, 9.17) is 28.0 Å². The van der Waals surface area contributed by atoms with E-state index in [0.29, 0.717) is 22.6 Å². The predicted molar refractivity (Wildman–Crippen MR) is 231 cm³/mol. The minimum Gasteiger partial charge on any atom is -0.497 e. The summed E-state index contributed by atoms with van der Waals surface area (Å²) in [5.74, 6) is -0.972. The number of nitriles is 1. The van der Waals surface area contributed by atoms with Crippen LogP contribution in [0.3, 0.4) is 0 Å². The molecule has 0 radical (unpaired) electrons. The van der Waals surface area contributed by atoms with E-state index in [1.54, 1.807) is 19.5 Å². The Balaban J connectivity index is 1.54. The van der Waals surface area contributed by atoms with Crippen LogP contribution in [0.4, 0.5) is 13.2 Å². The summed E-state index contributed by atoms with van der Waals surface area (Å²) < 4.78 is 82.4. The number of ether oxygens (including phenoxy) is 4. The van der Waals surface area contributed by atoms with Gasteiger partial charge in [-0.2, -0.15) is 18.4 Å². The standard InChI is InChI=1S/C44H50F3N8O9P/c1-28(2)55(29(3)4)65(62-24-10-22-48)64-39-36(63-40(53-23-21-37(56)50-42(53)58)38(39)54-26-33(51-52-54)25-49-41(57)44(45,46)47)27-61-43(30-11-8-7-9-12-30,31-13-17-34(59-5)18-14-31)32-15-19-35(60-6)20-16-32/h7-9,11-21,23,26,28-29,36,38-40H,10,24-25,27H2,1-6H3,(H,49,57)(H,50,56,58)/t36-,38-,39-,40-,65?/m1/s1. The molecule has 2 N–H and O–H groups in total. The van der Waals surface area contributed by atoms with Crippen molar-refractivity contribution in [3.05, 3.63) is 141 Å². The molecule has 0 saturated carbocycles. The van der Waals surface area contributed by atoms with E-state index in [1.165, 1.54) is 17.1 Å². The molecule has 1 fully saturated rings. The molecule has 1 amide bonds. The third-order valence-electron chi connectivity index (χ3n) is 10.5. The summed E-state index contributed by atoms with van der Waals surface area (Å²) >= 11 is 0. The summed E-state index contributed by atoms with van der Waals surface area (Å²) in [4.78, 5) is 40.0. The van der Waals surface area contributed by atoms with Crippen LogP contribution in [0.1, 0.15) is 68.8 Å². The van der Waals surface area contributed by atoms with Crippen LogP contribution < -0.4 is 26.0 Å². The molecule has 21 heteroatoms. The Kier molecular flexibility index (Phi) is 15.9. The van der Waals surface area contributed by atoms with Gasteiger partial charge in [-0.1, -0.05) is 59.8 Å². The number of halogens is 3. The molecule has 1 aliphatic rings. The van der Waals surface area contributed by atoms with Crippen molar-refractivity contribution in [2.75, 3.05) is 27.4 Å². The molecule has 1 saturated heterocycles. The van der Waals surface area contributed by atoms with Gasteiger partial charge in [0, 0.05) is 24.3 Å². The van der Waals surface area contributed by atoms with Gasteiger partial charge in [0.1, 0.15) is 41.0 Å². The van der Waals surface area contributed by atoms with Gasteiger partial charge in [-0.3, -0.25) is 19.1 Å². The topological polar surface area (TPSA) is 197 Å². The van der Waals surface area contributed by atoms with Crippen LogP contribution in [0.15, 0.2) is 107 Å². The molecular formula is C44H50F3N8O9P. The molecule has 0 aliphatic carbocycles. The third kappa shape index (κ3) is 11.1. The maximum Gasteiger partial charge on any atom is 0.471 e. The normalized spacial score (nSPS) is 18.2. The highest BCUT2D eigenvalue weighted by Gasteiger charge is 2.52. The van der Waals surface area contributed by atoms with E-state index in [9.17, 15) is 32.8 Å². The van der Waals surface area contributed by atoms with Gasteiger partial charge >= 0.3 is 17.8 Å². The number of alkyl halides is 3. The maximum absolute atomic E-state index is 13.6. The van der Waals surface area contributed by atoms with Gasteiger partial charge in [0.25, 0.3) is 14.1 Å². The molecule has 1 unspecified atom stereocenters. The third-order valence-corrected chi connectivity index (χ3v) is 12.6. The Morgan fingerprint density at radius 3 is 2.08 bits per heavy atom. The van der Waals surface area contributed by atoms with Crippen molar-refractivity contribution >= 4 is 14.4 Å². The van der Waals surface area contributed by atoms with Gasteiger partial charge in [-0.25, -0.2) is 14.1 Å². The zero-order chi connectivity index (χ0) is 46.9. The summed E-state index contributed by atoms with van der Waals surface area (Å²) in [6, 6.07) is 26.0.